The van der Waals surface area contributed by atoms with Crippen LogP contribution in [0.1, 0.15) is 38.7 Å². The molecule has 1 N–H and O–H groups in total. The molecule has 2 aromatic carbocycles. The molecule has 11 heteroatoms. The van der Waals surface area contributed by atoms with Gasteiger partial charge in [-0.2, -0.15) is 0 Å². The smallest absolute Gasteiger partial charge is 0.242 e. The third-order valence-corrected chi connectivity index (χ3v) is 7.36. The van der Waals surface area contributed by atoms with Gasteiger partial charge in [-0.15, -0.1) is 0 Å². The first-order chi connectivity index (χ1) is 16.5. The molecule has 0 aliphatic carbocycles. The Bertz CT molecular complexity index is 1140. The number of likely N-dealkylation sites (N-methyl/N-ethyl adjacent to an activating group) is 1. The third-order valence-electron chi connectivity index (χ3n) is 5.34. The van der Waals surface area contributed by atoms with Crippen LogP contribution < -0.4 is 9.62 Å². The number of halogens is 3. The van der Waals surface area contributed by atoms with Crippen LogP contribution >= 0.6 is 34.8 Å². The highest BCUT2D eigenvalue weighted by atomic mass is 35.5. The van der Waals surface area contributed by atoms with E-state index in [0.717, 1.165) is 6.26 Å². The van der Waals surface area contributed by atoms with Gasteiger partial charge in [0, 0.05) is 41.1 Å². The van der Waals surface area contributed by atoms with Crippen LogP contribution in [-0.4, -0.2) is 50.5 Å². The van der Waals surface area contributed by atoms with Crippen molar-refractivity contribution in [2.24, 2.45) is 0 Å². The maximum absolute atomic E-state index is 13.3. The lowest BCUT2D eigenvalue weighted by molar-refractivity contribution is -0.141. The van der Waals surface area contributed by atoms with Gasteiger partial charge < -0.3 is 10.2 Å². The Morgan fingerprint density at radius 3 is 2.29 bits per heavy atom. The van der Waals surface area contributed by atoms with Crippen molar-refractivity contribution in [3.63, 3.8) is 0 Å². The highest BCUT2D eigenvalue weighted by Crippen LogP contribution is 2.25. The molecule has 0 aliphatic rings. The molecule has 2 rings (SSSR count). The first-order valence-corrected chi connectivity index (χ1v) is 14.2. The van der Waals surface area contributed by atoms with Gasteiger partial charge in [-0.25, -0.2) is 8.42 Å². The van der Waals surface area contributed by atoms with E-state index < -0.39 is 16.1 Å². The number of nitrogens with zero attached hydrogens (tertiary/aromatic N) is 2. The highest BCUT2D eigenvalue weighted by molar-refractivity contribution is 7.92. The van der Waals surface area contributed by atoms with Crippen molar-refractivity contribution in [2.75, 3.05) is 23.7 Å². The fraction of sp³-hybridized carbons (Fsp3) is 0.417. The molecule has 0 fully saturated rings. The molecule has 1 unspecified atom stereocenters. The van der Waals surface area contributed by atoms with Crippen molar-refractivity contribution in [1.29, 1.82) is 0 Å². The number of benzene rings is 2. The lowest BCUT2D eigenvalue weighted by Crippen LogP contribution is -2.49. The molecular weight excluding hydrogens is 533 g/mol. The SMILES string of the molecule is CCNC(=O)C(CC)N(Cc1ccc(Cl)cc1Cl)C(=O)CCCN(c1cccc(Cl)c1)S(C)(=O)=O. The Morgan fingerprint density at radius 1 is 1.03 bits per heavy atom. The van der Waals surface area contributed by atoms with E-state index in [2.05, 4.69) is 5.32 Å². The van der Waals surface area contributed by atoms with E-state index >= 15 is 0 Å². The minimum atomic E-state index is -3.60. The van der Waals surface area contributed by atoms with Crippen LogP contribution in [0.25, 0.3) is 0 Å². The summed E-state index contributed by atoms with van der Waals surface area (Å²) in [5, 5.41) is 4.04. The minimum Gasteiger partial charge on any atom is -0.355 e. The molecule has 2 aromatic rings. The second-order valence-corrected chi connectivity index (χ2v) is 11.2. The van der Waals surface area contributed by atoms with Gasteiger partial charge in [-0.05, 0) is 55.7 Å². The van der Waals surface area contributed by atoms with Gasteiger partial charge in [0.2, 0.25) is 21.8 Å². The van der Waals surface area contributed by atoms with Gasteiger partial charge in [0.05, 0.1) is 11.9 Å². The van der Waals surface area contributed by atoms with E-state index in [4.69, 9.17) is 34.8 Å². The summed E-state index contributed by atoms with van der Waals surface area (Å²) >= 11 is 18.4. The zero-order valence-electron chi connectivity index (χ0n) is 19.9. The van der Waals surface area contributed by atoms with Gasteiger partial charge in [0.1, 0.15) is 6.04 Å². The van der Waals surface area contributed by atoms with E-state index in [-0.39, 0.29) is 37.7 Å². The van der Waals surface area contributed by atoms with Gasteiger partial charge >= 0.3 is 0 Å². The summed E-state index contributed by atoms with van der Waals surface area (Å²) in [4.78, 5) is 27.6. The maximum atomic E-state index is 13.3. The van der Waals surface area contributed by atoms with Crippen molar-refractivity contribution in [2.45, 2.75) is 45.7 Å². The first kappa shape index (κ1) is 29.2. The lowest BCUT2D eigenvalue weighted by atomic mass is 10.1. The predicted octanol–water partition coefficient (Wildman–Crippen LogP) is 5.14. The normalized spacial score (nSPS) is 12.2. The lowest BCUT2D eigenvalue weighted by Gasteiger charge is -2.31. The molecule has 35 heavy (non-hydrogen) atoms. The Labute approximate surface area is 222 Å². The van der Waals surface area contributed by atoms with Crippen LogP contribution in [0.3, 0.4) is 0 Å². The van der Waals surface area contributed by atoms with Crippen LogP contribution in [0.4, 0.5) is 5.69 Å². The van der Waals surface area contributed by atoms with Crippen molar-refractivity contribution in [3.05, 3.63) is 63.1 Å². The molecule has 0 aromatic heterocycles. The average Bonchev–Trinajstić information content (AvgIpc) is 2.77. The number of hydrogen-bond donors (Lipinski definition) is 1. The first-order valence-electron chi connectivity index (χ1n) is 11.2. The monoisotopic (exact) mass is 561 g/mol. The second-order valence-electron chi connectivity index (χ2n) is 7.99. The maximum Gasteiger partial charge on any atom is 0.242 e. The number of nitrogens with one attached hydrogen (secondary N) is 1. The van der Waals surface area contributed by atoms with Crippen molar-refractivity contribution < 1.29 is 18.0 Å². The van der Waals surface area contributed by atoms with Gasteiger partial charge in [-0.3, -0.25) is 13.9 Å². The molecule has 0 spiro atoms. The van der Waals surface area contributed by atoms with E-state index in [0.29, 0.717) is 39.3 Å². The molecule has 0 radical (unpaired) electrons. The van der Waals surface area contributed by atoms with E-state index in [1.807, 2.05) is 13.8 Å². The summed E-state index contributed by atoms with van der Waals surface area (Å²) in [5.74, 6) is -0.543. The Kier molecular flexibility index (Phi) is 11.1. The largest absolute Gasteiger partial charge is 0.355 e. The zero-order valence-corrected chi connectivity index (χ0v) is 23.0. The second kappa shape index (κ2) is 13.3. The molecule has 0 bridgehead atoms. The van der Waals surface area contributed by atoms with Crippen molar-refractivity contribution >= 4 is 62.3 Å². The van der Waals surface area contributed by atoms with E-state index in [1.54, 1.807) is 42.5 Å². The summed E-state index contributed by atoms with van der Waals surface area (Å²) in [6.45, 7) is 4.27. The summed E-state index contributed by atoms with van der Waals surface area (Å²) < 4.78 is 26.0. The molecule has 0 heterocycles. The summed E-state index contributed by atoms with van der Waals surface area (Å²) in [6, 6.07) is 10.8. The molecule has 7 nitrogen and oxygen atoms in total. The van der Waals surface area contributed by atoms with Crippen LogP contribution in [0, 0.1) is 0 Å². The predicted molar refractivity (Wildman–Crippen MR) is 143 cm³/mol. The molecule has 0 saturated carbocycles. The quantitative estimate of drug-likeness (QED) is 0.388. The third kappa shape index (κ3) is 8.56. The van der Waals surface area contributed by atoms with E-state index in [1.165, 1.54) is 9.21 Å². The molecule has 1 atom stereocenters. The Balaban J connectivity index is 2.24. The van der Waals surface area contributed by atoms with Gasteiger partial charge in [-0.1, -0.05) is 53.9 Å². The van der Waals surface area contributed by atoms with Crippen LogP contribution in [-0.2, 0) is 26.2 Å². The Morgan fingerprint density at radius 2 is 1.71 bits per heavy atom. The fourth-order valence-corrected chi connectivity index (χ4v) is 5.29. The standard InChI is InChI=1S/C24H30Cl3N3O4S/c1-4-22(24(32)28-5-2)29(16-17-11-12-19(26)15-21(17)27)23(31)10-7-13-30(35(3,33)34)20-9-6-8-18(25)14-20/h6,8-9,11-12,14-15,22H,4-5,7,10,13,16H2,1-3H3,(H,28,32). The summed E-state index contributed by atoms with van der Waals surface area (Å²) in [6.07, 6.45) is 1.79. The number of rotatable bonds is 12. The molecule has 0 aliphatic heterocycles. The minimum absolute atomic E-state index is 0.0354. The number of carbonyl (C=O) groups excluding carboxylic acids is 2. The molecule has 0 saturated heterocycles. The number of carbonyl (C=O) groups is 2. The average molecular weight is 563 g/mol. The van der Waals surface area contributed by atoms with Gasteiger partial charge in [0.15, 0.2) is 0 Å². The van der Waals surface area contributed by atoms with Crippen molar-refractivity contribution in [3.8, 4) is 0 Å². The van der Waals surface area contributed by atoms with Crippen LogP contribution in [0.5, 0.6) is 0 Å². The van der Waals surface area contributed by atoms with E-state index in [9.17, 15) is 18.0 Å². The topological polar surface area (TPSA) is 86.8 Å². The number of hydrogen-bond acceptors (Lipinski definition) is 4. The molecule has 2 amide bonds. The number of sulfonamides is 1. The molecular formula is C24H30Cl3N3O4S. The number of amides is 2. The highest BCUT2D eigenvalue weighted by Gasteiger charge is 2.29. The molecule has 192 valence electrons. The fourth-order valence-electron chi connectivity index (χ4n) is 3.68. The summed E-state index contributed by atoms with van der Waals surface area (Å²) in [5.41, 5.74) is 1.08. The Hall–Kier alpha value is -2.00. The number of anilines is 1. The van der Waals surface area contributed by atoms with Crippen LogP contribution in [0.2, 0.25) is 15.1 Å². The van der Waals surface area contributed by atoms with Crippen LogP contribution in [0.15, 0.2) is 42.5 Å². The summed E-state index contributed by atoms with van der Waals surface area (Å²) in [7, 11) is -3.60. The van der Waals surface area contributed by atoms with Crippen molar-refractivity contribution in [1.82, 2.24) is 10.2 Å². The van der Waals surface area contributed by atoms with Gasteiger partial charge in [0.25, 0.3) is 0 Å². The zero-order chi connectivity index (χ0) is 26.2.